The van der Waals surface area contributed by atoms with Crippen LogP contribution in [-0.2, 0) is 6.54 Å². The summed E-state index contributed by atoms with van der Waals surface area (Å²) in [5.74, 6) is -0.105. The third-order valence-electron chi connectivity index (χ3n) is 3.22. The highest BCUT2D eigenvalue weighted by Gasteiger charge is 2.06. The predicted molar refractivity (Wildman–Crippen MR) is 94.9 cm³/mol. The van der Waals surface area contributed by atoms with Crippen LogP contribution in [0.25, 0.3) is 0 Å². The van der Waals surface area contributed by atoms with E-state index < -0.39 is 0 Å². The lowest BCUT2D eigenvalue weighted by atomic mass is 10.1. The molecular weight excluding hydrogens is 389 g/mol. The van der Waals surface area contributed by atoms with Crippen LogP contribution in [0.4, 0.5) is 5.69 Å². The number of benzene rings is 2. The Morgan fingerprint density at radius 2 is 1.82 bits per heavy atom. The summed E-state index contributed by atoms with van der Waals surface area (Å²) < 4.78 is 2.99. The van der Waals surface area contributed by atoms with Gasteiger partial charge in [-0.3, -0.25) is 9.48 Å². The van der Waals surface area contributed by atoms with Crippen molar-refractivity contribution in [3.63, 3.8) is 0 Å². The van der Waals surface area contributed by atoms with Crippen molar-refractivity contribution in [1.29, 1.82) is 0 Å². The molecule has 2 aromatic carbocycles. The van der Waals surface area contributed by atoms with Crippen molar-refractivity contribution < 1.29 is 4.79 Å². The lowest BCUT2D eigenvalue weighted by Crippen LogP contribution is -2.12. The minimum Gasteiger partial charge on any atom is -0.322 e. The molecule has 3 rings (SSSR count). The van der Waals surface area contributed by atoms with Gasteiger partial charge in [0.05, 0.1) is 6.54 Å². The van der Waals surface area contributed by atoms with E-state index in [1.165, 1.54) is 0 Å². The first-order valence-electron chi connectivity index (χ1n) is 6.84. The summed E-state index contributed by atoms with van der Waals surface area (Å²) in [6.07, 6.45) is 3.67. The minimum absolute atomic E-state index is 0.105. The molecule has 0 saturated heterocycles. The van der Waals surface area contributed by atoms with Gasteiger partial charge in [0, 0.05) is 27.2 Å². The molecule has 4 nitrogen and oxygen atoms in total. The van der Waals surface area contributed by atoms with Crippen LogP contribution in [0.5, 0.6) is 0 Å². The maximum atomic E-state index is 12.2. The molecule has 0 spiro atoms. The molecule has 0 aliphatic heterocycles. The fourth-order valence-electron chi connectivity index (χ4n) is 2.08. The van der Waals surface area contributed by atoms with E-state index in [4.69, 9.17) is 0 Å². The van der Waals surface area contributed by atoms with Gasteiger partial charge in [-0.05, 0) is 70.6 Å². The Labute approximate surface area is 142 Å². The van der Waals surface area contributed by atoms with Gasteiger partial charge in [-0.1, -0.05) is 12.1 Å². The number of anilines is 1. The second-order valence-electron chi connectivity index (χ2n) is 4.86. The molecule has 5 heteroatoms. The topological polar surface area (TPSA) is 46.9 Å². The number of rotatable bonds is 4. The molecule has 0 saturated carbocycles. The Hall–Kier alpha value is -2.15. The monoisotopic (exact) mass is 403 g/mol. The highest BCUT2D eigenvalue weighted by molar-refractivity contribution is 14.1. The van der Waals surface area contributed by atoms with E-state index in [0.29, 0.717) is 12.1 Å². The maximum Gasteiger partial charge on any atom is 0.255 e. The molecule has 0 fully saturated rings. The van der Waals surface area contributed by atoms with Gasteiger partial charge in [-0.15, -0.1) is 0 Å². The van der Waals surface area contributed by atoms with Gasteiger partial charge < -0.3 is 5.32 Å². The number of hydrogen-bond acceptors (Lipinski definition) is 2. The zero-order valence-electron chi connectivity index (χ0n) is 11.7. The molecule has 1 amide bonds. The molecule has 0 aliphatic carbocycles. The number of nitrogens with zero attached hydrogens (tertiary/aromatic N) is 2. The standard InChI is InChI=1S/C17H14IN3O/c18-15-6-8-16(9-7-15)20-17(22)14-4-2-13(3-5-14)12-21-11-1-10-19-21/h1-11H,12H2,(H,20,22). The molecule has 1 aromatic heterocycles. The van der Waals surface area contributed by atoms with Crippen LogP contribution in [0.3, 0.4) is 0 Å². The second kappa shape index (κ2) is 6.74. The Morgan fingerprint density at radius 1 is 1.09 bits per heavy atom. The van der Waals surface area contributed by atoms with E-state index in [1.807, 2.05) is 65.5 Å². The van der Waals surface area contributed by atoms with Crippen LogP contribution >= 0.6 is 22.6 Å². The predicted octanol–water partition coefficient (Wildman–Crippen LogP) is 3.79. The van der Waals surface area contributed by atoms with Gasteiger partial charge in [0.1, 0.15) is 0 Å². The Bertz CT molecular complexity index is 750. The smallest absolute Gasteiger partial charge is 0.255 e. The van der Waals surface area contributed by atoms with Crippen LogP contribution in [0, 0.1) is 3.57 Å². The molecule has 0 atom stereocenters. The Balaban J connectivity index is 1.66. The summed E-state index contributed by atoms with van der Waals surface area (Å²) in [6.45, 7) is 0.700. The summed E-state index contributed by atoms with van der Waals surface area (Å²) in [5, 5.41) is 7.06. The number of carbonyl (C=O) groups excluding carboxylic acids is 1. The molecule has 0 bridgehead atoms. The number of amides is 1. The van der Waals surface area contributed by atoms with Crippen molar-refractivity contribution in [2.75, 3.05) is 5.32 Å². The molecule has 0 radical (unpaired) electrons. The normalized spacial score (nSPS) is 10.4. The van der Waals surface area contributed by atoms with Crippen molar-refractivity contribution in [2.45, 2.75) is 6.54 Å². The third kappa shape index (κ3) is 3.73. The van der Waals surface area contributed by atoms with E-state index in [2.05, 4.69) is 33.0 Å². The summed E-state index contributed by atoms with van der Waals surface area (Å²) in [7, 11) is 0. The summed E-state index contributed by atoms with van der Waals surface area (Å²) >= 11 is 2.23. The zero-order chi connectivity index (χ0) is 15.4. The van der Waals surface area contributed by atoms with E-state index in [-0.39, 0.29) is 5.91 Å². The fourth-order valence-corrected chi connectivity index (χ4v) is 2.44. The average molecular weight is 403 g/mol. The number of hydrogen-bond donors (Lipinski definition) is 1. The van der Waals surface area contributed by atoms with Crippen molar-refractivity contribution in [2.24, 2.45) is 0 Å². The van der Waals surface area contributed by atoms with Crippen LogP contribution in [0.2, 0.25) is 0 Å². The van der Waals surface area contributed by atoms with Crippen molar-refractivity contribution >= 4 is 34.2 Å². The first-order valence-corrected chi connectivity index (χ1v) is 7.92. The molecule has 1 heterocycles. The van der Waals surface area contributed by atoms with Gasteiger partial charge >= 0.3 is 0 Å². The number of aromatic nitrogens is 2. The Morgan fingerprint density at radius 3 is 2.45 bits per heavy atom. The molecule has 22 heavy (non-hydrogen) atoms. The quantitative estimate of drug-likeness (QED) is 0.674. The van der Waals surface area contributed by atoms with Gasteiger partial charge in [-0.25, -0.2) is 0 Å². The first kappa shape index (κ1) is 14.8. The molecule has 3 aromatic rings. The largest absolute Gasteiger partial charge is 0.322 e. The van der Waals surface area contributed by atoms with Crippen LogP contribution in [0.15, 0.2) is 67.0 Å². The van der Waals surface area contributed by atoms with Crippen molar-refractivity contribution in [1.82, 2.24) is 9.78 Å². The summed E-state index contributed by atoms with van der Waals surface area (Å²) in [6, 6.07) is 17.2. The summed E-state index contributed by atoms with van der Waals surface area (Å²) in [5.41, 5.74) is 2.54. The zero-order valence-corrected chi connectivity index (χ0v) is 13.9. The number of halogens is 1. The van der Waals surface area contributed by atoms with Crippen LogP contribution in [0.1, 0.15) is 15.9 Å². The van der Waals surface area contributed by atoms with Gasteiger partial charge in [-0.2, -0.15) is 5.10 Å². The lowest BCUT2D eigenvalue weighted by molar-refractivity contribution is 0.102. The number of nitrogens with one attached hydrogen (secondary N) is 1. The van der Waals surface area contributed by atoms with Crippen molar-refractivity contribution in [3.8, 4) is 0 Å². The fraction of sp³-hybridized carbons (Fsp3) is 0.0588. The molecule has 0 unspecified atom stereocenters. The summed E-state index contributed by atoms with van der Waals surface area (Å²) in [4.78, 5) is 12.2. The Kier molecular flexibility index (Phi) is 4.53. The highest BCUT2D eigenvalue weighted by atomic mass is 127. The SMILES string of the molecule is O=C(Nc1ccc(I)cc1)c1ccc(Cn2cccn2)cc1. The van der Waals surface area contributed by atoms with Crippen LogP contribution < -0.4 is 5.32 Å². The molecule has 110 valence electrons. The minimum atomic E-state index is -0.105. The maximum absolute atomic E-state index is 12.2. The second-order valence-corrected chi connectivity index (χ2v) is 6.11. The van der Waals surface area contributed by atoms with Crippen molar-refractivity contribution in [3.05, 3.63) is 81.7 Å². The van der Waals surface area contributed by atoms with Gasteiger partial charge in [0.2, 0.25) is 0 Å². The first-order chi connectivity index (χ1) is 10.7. The third-order valence-corrected chi connectivity index (χ3v) is 3.94. The van der Waals surface area contributed by atoms with Gasteiger partial charge in [0.15, 0.2) is 0 Å². The molecule has 0 aliphatic rings. The number of carbonyl (C=O) groups is 1. The van der Waals surface area contributed by atoms with Crippen LogP contribution in [-0.4, -0.2) is 15.7 Å². The van der Waals surface area contributed by atoms with E-state index >= 15 is 0 Å². The highest BCUT2D eigenvalue weighted by Crippen LogP contribution is 2.13. The van der Waals surface area contributed by atoms with E-state index in [0.717, 1.165) is 14.8 Å². The van der Waals surface area contributed by atoms with E-state index in [9.17, 15) is 4.79 Å². The lowest BCUT2D eigenvalue weighted by Gasteiger charge is -2.07. The van der Waals surface area contributed by atoms with E-state index in [1.54, 1.807) is 6.20 Å². The van der Waals surface area contributed by atoms with Gasteiger partial charge in [0.25, 0.3) is 5.91 Å². The molecule has 1 N–H and O–H groups in total. The average Bonchev–Trinajstić information content (AvgIpc) is 3.03. The molecular formula is C17H14IN3O.